The van der Waals surface area contributed by atoms with Gasteiger partial charge in [-0.1, -0.05) is 27.7 Å². The van der Waals surface area contributed by atoms with Gasteiger partial charge in [-0.3, -0.25) is 4.98 Å². The largest absolute Gasteiger partial charge is 0.398 e. The van der Waals surface area contributed by atoms with Crippen LogP contribution in [0.5, 0.6) is 0 Å². The molecular weight excluding hydrogens is 246 g/mol. The summed E-state index contributed by atoms with van der Waals surface area (Å²) in [7, 11) is 0. The average Bonchev–Trinajstić information content (AvgIpc) is 2.74. The first-order valence-corrected chi connectivity index (χ1v) is 7.16. The highest BCUT2D eigenvalue weighted by Crippen LogP contribution is 2.63. The number of nitrogens with one attached hydrogen (secondary N) is 1. The molecule has 3 N–H and O–H groups in total. The SMILES string of the molecule is Cc1cc2c(NC3C(C)(C)C3(C)C)ccc(N)c2cn1. The fourth-order valence-corrected chi connectivity index (χ4v) is 3.20. The highest BCUT2D eigenvalue weighted by atomic mass is 15.0. The van der Waals surface area contributed by atoms with E-state index in [2.05, 4.69) is 50.1 Å². The molecule has 3 nitrogen and oxygen atoms in total. The van der Waals surface area contributed by atoms with E-state index >= 15 is 0 Å². The van der Waals surface area contributed by atoms with Crippen LogP contribution in [0.4, 0.5) is 11.4 Å². The van der Waals surface area contributed by atoms with Crippen molar-refractivity contribution in [2.75, 3.05) is 11.1 Å². The predicted octanol–water partition coefficient (Wildman–Crippen LogP) is 3.97. The maximum atomic E-state index is 6.06. The zero-order valence-corrected chi connectivity index (χ0v) is 12.9. The second kappa shape index (κ2) is 3.87. The number of rotatable bonds is 2. The van der Waals surface area contributed by atoms with Gasteiger partial charge in [-0.2, -0.15) is 0 Å². The molecule has 0 spiro atoms. The second-order valence-corrected chi connectivity index (χ2v) is 7.09. The van der Waals surface area contributed by atoms with Gasteiger partial charge in [-0.25, -0.2) is 0 Å². The Labute approximate surface area is 120 Å². The average molecular weight is 269 g/mol. The predicted molar refractivity (Wildman–Crippen MR) is 85.9 cm³/mol. The lowest BCUT2D eigenvalue weighted by molar-refractivity contribution is 0.457. The van der Waals surface area contributed by atoms with E-state index in [9.17, 15) is 0 Å². The smallest absolute Gasteiger partial charge is 0.0425 e. The fraction of sp³-hybridized carbons (Fsp3) is 0.471. The van der Waals surface area contributed by atoms with Gasteiger partial charge < -0.3 is 11.1 Å². The van der Waals surface area contributed by atoms with Crippen LogP contribution in [-0.4, -0.2) is 11.0 Å². The van der Waals surface area contributed by atoms with Gasteiger partial charge in [0.2, 0.25) is 0 Å². The topological polar surface area (TPSA) is 50.9 Å². The number of nitrogen functional groups attached to an aromatic ring is 1. The van der Waals surface area contributed by atoms with Crippen molar-refractivity contribution in [1.29, 1.82) is 0 Å². The highest BCUT2D eigenvalue weighted by molar-refractivity contribution is 6.01. The van der Waals surface area contributed by atoms with Crippen molar-refractivity contribution < 1.29 is 0 Å². The molecule has 0 radical (unpaired) electrons. The molecule has 1 heterocycles. The third kappa shape index (κ3) is 1.69. The summed E-state index contributed by atoms with van der Waals surface area (Å²) < 4.78 is 0. The Morgan fingerprint density at radius 1 is 1.10 bits per heavy atom. The number of aryl methyl sites for hydroxylation is 1. The van der Waals surface area contributed by atoms with Gasteiger partial charge in [0.05, 0.1) is 0 Å². The summed E-state index contributed by atoms with van der Waals surface area (Å²) in [5.41, 5.74) is 9.63. The molecule has 0 bridgehead atoms. The molecule has 0 saturated heterocycles. The van der Waals surface area contributed by atoms with Crippen LogP contribution in [0.15, 0.2) is 24.4 Å². The lowest BCUT2D eigenvalue weighted by Crippen LogP contribution is -2.10. The molecule has 1 aromatic heterocycles. The molecule has 0 atom stereocenters. The van der Waals surface area contributed by atoms with Crippen LogP contribution in [0.3, 0.4) is 0 Å². The van der Waals surface area contributed by atoms with Gasteiger partial charge in [0.15, 0.2) is 0 Å². The molecule has 1 fully saturated rings. The second-order valence-electron chi connectivity index (χ2n) is 7.09. The molecule has 1 aliphatic rings. The van der Waals surface area contributed by atoms with Crippen molar-refractivity contribution >= 4 is 22.1 Å². The molecule has 20 heavy (non-hydrogen) atoms. The number of pyridine rings is 1. The van der Waals surface area contributed by atoms with Gasteiger partial charge in [0, 0.05) is 40.1 Å². The monoisotopic (exact) mass is 269 g/mol. The minimum Gasteiger partial charge on any atom is -0.398 e. The molecule has 3 rings (SSSR count). The molecule has 1 saturated carbocycles. The first-order chi connectivity index (χ1) is 9.25. The third-order valence-electron chi connectivity index (χ3n) is 5.39. The summed E-state index contributed by atoms with van der Waals surface area (Å²) in [4.78, 5) is 4.35. The lowest BCUT2D eigenvalue weighted by atomic mass is 10.0. The summed E-state index contributed by atoms with van der Waals surface area (Å²) in [5.74, 6) is 0. The van der Waals surface area contributed by atoms with Gasteiger partial charge in [-0.15, -0.1) is 0 Å². The molecule has 0 unspecified atom stereocenters. The number of hydrogen-bond donors (Lipinski definition) is 2. The summed E-state index contributed by atoms with van der Waals surface area (Å²) in [6, 6.07) is 6.64. The van der Waals surface area contributed by atoms with Gasteiger partial charge in [0.25, 0.3) is 0 Å². The van der Waals surface area contributed by atoms with Crippen LogP contribution >= 0.6 is 0 Å². The number of nitrogens with two attached hydrogens (primary N) is 1. The van der Waals surface area contributed by atoms with E-state index in [4.69, 9.17) is 5.73 Å². The van der Waals surface area contributed by atoms with Crippen LogP contribution in [0, 0.1) is 17.8 Å². The molecule has 106 valence electrons. The molecule has 0 amide bonds. The summed E-state index contributed by atoms with van der Waals surface area (Å²) >= 11 is 0. The third-order valence-corrected chi connectivity index (χ3v) is 5.39. The van der Waals surface area contributed by atoms with E-state index in [1.165, 1.54) is 0 Å². The Morgan fingerprint density at radius 2 is 1.75 bits per heavy atom. The summed E-state index contributed by atoms with van der Waals surface area (Å²) in [5, 5.41) is 5.90. The van der Waals surface area contributed by atoms with Crippen LogP contribution in [0.25, 0.3) is 10.8 Å². The number of anilines is 2. The lowest BCUT2D eigenvalue weighted by Gasteiger charge is -2.13. The Kier molecular flexibility index (Phi) is 2.56. The van der Waals surface area contributed by atoms with Crippen molar-refractivity contribution in [2.24, 2.45) is 10.8 Å². The van der Waals surface area contributed by atoms with Crippen LogP contribution in [0.2, 0.25) is 0 Å². The van der Waals surface area contributed by atoms with Gasteiger partial charge in [0.1, 0.15) is 0 Å². The summed E-state index contributed by atoms with van der Waals surface area (Å²) in [6.07, 6.45) is 1.87. The van der Waals surface area contributed by atoms with Crippen molar-refractivity contribution in [2.45, 2.75) is 40.7 Å². The fourth-order valence-electron chi connectivity index (χ4n) is 3.20. The molecule has 1 aromatic carbocycles. The van der Waals surface area contributed by atoms with Crippen molar-refractivity contribution in [1.82, 2.24) is 4.98 Å². The van der Waals surface area contributed by atoms with Crippen molar-refractivity contribution in [3.63, 3.8) is 0 Å². The number of fused-ring (bicyclic) bond motifs is 1. The number of benzene rings is 1. The molecule has 2 aromatic rings. The van der Waals surface area contributed by atoms with E-state index in [0.717, 1.165) is 27.8 Å². The van der Waals surface area contributed by atoms with Gasteiger partial charge >= 0.3 is 0 Å². The van der Waals surface area contributed by atoms with Crippen LogP contribution in [-0.2, 0) is 0 Å². The highest BCUT2D eigenvalue weighted by Gasteiger charge is 2.64. The quantitative estimate of drug-likeness (QED) is 0.811. The van der Waals surface area contributed by atoms with E-state index in [-0.39, 0.29) is 0 Å². The number of hydrogen-bond acceptors (Lipinski definition) is 3. The minimum absolute atomic E-state index is 0.308. The van der Waals surface area contributed by atoms with E-state index in [1.807, 2.05) is 19.2 Å². The maximum Gasteiger partial charge on any atom is 0.0425 e. The van der Waals surface area contributed by atoms with E-state index < -0.39 is 0 Å². The van der Waals surface area contributed by atoms with E-state index in [0.29, 0.717) is 16.9 Å². The zero-order valence-electron chi connectivity index (χ0n) is 12.9. The van der Waals surface area contributed by atoms with Gasteiger partial charge in [-0.05, 0) is 36.0 Å². The zero-order chi connectivity index (χ0) is 14.7. The Hall–Kier alpha value is -1.77. The maximum absolute atomic E-state index is 6.06. The molecular formula is C17H23N3. The first kappa shape index (κ1) is 13.2. The minimum atomic E-state index is 0.308. The van der Waals surface area contributed by atoms with E-state index in [1.54, 1.807) is 0 Å². The Balaban J connectivity index is 2.05. The Bertz CT molecular complexity index is 672. The molecule has 1 aliphatic carbocycles. The summed E-state index contributed by atoms with van der Waals surface area (Å²) in [6.45, 7) is 11.3. The van der Waals surface area contributed by atoms with Crippen molar-refractivity contribution in [3.8, 4) is 0 Å². The standard InChI is InChI=1S/C17H23N3/c1-10-8-11-12(9-19-10)13(18)6-7-14(11)20-15-16(2,3)17(15,4)5/h6-9,15,20H,18H2,1-5H3. The number of aromatic nitrogens is 1. The number of nitrogens with zero attached hydrogens (tertiary/aromatic N) is 1. The molecule has 0 aliphatic heterocycles. The first-order valence-electron chi connectivity index (χ1n) is 7.16. The van der Waals surface area contributed by atoms with Crippen LogP contribution < -0.4 is 11.1 Å². The van der Waals surface area contributed by atoms with Crippen LogP contribution in [0.1, 0.15) is 33.4 Å². The molecule has 3 heteroatoms. The van der Waals surface area contributed by atoms with Crippen molar-refractivity contribution in [3.05, 3.63) is 30.1 Å². The normalized spacial score (nSPS) is 20.1. The Morgan fingerprint density at radius 3 is 2.35 bits per heavy atom.